The van der Waals surface area contributed by atoms with Crippen LogP contribution in [0.1, 0.15) is 26.7 Å². The highest BCUT2D eigenvalue weighted by Gasteiger charge is 2.05. The van der Waals surface area contributed by atoms with Crippen LogP contribution in [0, 0.1) is 0 Å². The molecular weight excluding hydrogens is 142 g/mol. The van der Waals surface area contributed by atoms with Gasteiger partial charge in [-0.3, -0.25) is 0 Å². The van der Waals surface area contributed by atoms with Crippen molar-refractivity contribution in [3.63, 3.8) is 0 Å². The summed E-state index contributed by atoms with van der Waals surface area (Å²) in [5, 5.41) is 0. The van der Waals surface area contributed by atoms with Crippen LogP contribution in [0.5, 0.6) is 0 Å². The fourth-order valence-corrected chi connectivity index (χ4v) is 1.33. The average Bonchev–Trinajstić information content (AvgIpc) is 1.89. The van der Waals surface area contributed by atoms with E-state index in [0.29, 0.717) is 0 Å². The van der Waals surface area contributed by atoms with Crippen molar-refractivity contribution in [1.29, 1.82) is 0 Å². The summed E-state index contributed by atoms with van der Waals surface area (Å²) in [7, 11) is 2.16. The van der Waals surface area contributed by atoms with Gasteiger partial charge in [0, 0.05) is 18.3 Å². The molecule has 0 aliphatic heterocycles. The summed E-state index contributed by atoms with van der Waals surface area (Å²) in [5.41, 5.74) is 0. The average molecular weight is 161 g/mol. The van der Waals surface area contributed by atoms with Gasteiger partial charge in [-0.1, -0.05) is 13.3 Å². The lowest BCUT2D eigenvalue weighted by Gasteiger charge is -2.23. The molecule has 0 aliphatic rings. The van der Waals surface area contributed by atoms with Gasteiger partial charge in [-0.05, 0) is 20.4 Å². The molecule has 0 saturated carbocycles. The van der Waals surface area contributed by atoms with Crippen LogP contribution in [0.4, 0.5) is 0 Å². The summed E-state index contributed by atoms with van der Waals surface area (Å²) in [5.74, 6) is 0.963. The number of rotatable bonds is 5. The lowest BCUT2D eigenvalue weighted by molar-refractivity contribution is 0.259. The first kappa shape index (κ1) is 10.3. The van der Waals surface area contributed by atoms with E-state index in [4.69, 9.17) is 0 Å². The largest absolute Gasteiger partial charge is 0.303 e. The minimum absolute atomic E-state index is 0.720. The summed E-state index contributed by atoms with van der Waals surface area (Å²) < 4.78 is 0. The van der Waals surface area contributed by atoms with E-state index in [2.05, 4.69) is 38.4 Å². The molecule has 62 valence electrons. The van der Waals surface area contributed by atoms with Crippen molar-refractivity contribution < 1.29 is 0 Å². The van der Waals surface area contributed by atoms with Gasteiger partial charge in [-0.25, -0.2) is 0 Å². The highest BCUT2D eigenvalue weighted by molar-refractivity contribution is 7.80. The van der Waals surface area contributed by atoms with Crippen LogP contribution in [0.25, 0.3) is 0 Å². The molecule has 0 amide bonds. The molecule has 0 saturated heterocycles. The maximum atomic E-state index is 4.18. The molecule has 0 heterocycles. The predicted octanol–water partition coefficient (Wildman–Crippen LogP) is 2.04. The van der Waals surface area contributed by atoms with Gasteiger partial charge in [0.2, 0.25) is 0 Å². The number of thiol groups is 1. The summed E-state index contributed by atoms with van der Waals surface area (Å²) >= 11 is 4.18. The molecule has 0 fully saturated rings. The van der Waals surface area contributed by atoms with Gasteiger partial charge in [0.25, 0.3) is 0 Å². The zero-order valence-electron chi connectivity index (χ0n) is 7.30. The van der Waals surface area contributed by atoms with Crippen molar-refractivity contribution in [1.82, 2.24) is 4.90 Å². The molecule has 1 atom stereocenters. The van der Waals surface area contributed by atoms with Crippen molar-refractivity contribution in [2.24, 2.45) is 0 Å². The van der Waals surface area contributed by atoms with Gasteiger partial charge >= 0.3 is 0 Å². The fraction of sp³-hybridized carbons (Fsp3) is 1.00. The first-order valence-electron chi connectivity index (χ1n) is 4.03. The van der Waals surface area contributed by atoms with E-state index < -0.39 is 0 Å². The topological polar surface area (TPSA) is 3.24 Å². The van der Waals surface area contributed by atoms with E-state index in [-0.39, 0.29) is 0 Å². The Hall–Kier alpha value is 0.310. The number of nitrogens with zero attached hydrogens (tertiary/aromatic N) is 1. The van der Waals surface area contributed by atoms with E-state index in [1.165, 1.54) is 12.8 Å². The van der Waals surface area contributed by atoms with Crippen LogP contribution in [-0.2, 0) is 0 Å². The second kappa shape index (κ2) is 6.05. The Morgan fingerprint density at radius 3 is 2.50 bits per heavy atom. The highest BCUT2D eigenvalue weighted by atomic mass is 32.1. The van der Waals surface area contributed by atoms with Gasteiger partial charge in [0.15, 0.2) is 0 Å². The lowest BCUT2D eigenvalue weighted by atomic mass is 10.2. The van der Waals surface area contributed by atoms with Gasteiger partial charge in [0.05, 0.1) is 0 Å². The molecule has 0 radical (unpaired) electrons. The van der Waals surface area contributed by atoms with Crippen molar-refractivity contribution in [2.45, 2.75) is 32.7 Å². The summed E-state index contributed by atoms with van der Waals surface area (Å²) in [6.07, 6.45) is 2.57. The highest BCUT2D eigenvalue weighted by Crippen LogP contribution is 2.02. The quantitative estimate of drug-likeness (QED) is 0.604. The summed E-state index contributed by atoms with van der Waals surface area (Å²) in [6.45, 7) is 5.60. The van der Waals surface area contributed by atoms with Crippen LogP contribution in [0.3, 0.4) is 0 Å². The van der Waals surface area contributed by atoms with Crippen LogP contribution in [-0.4, -0.2) is 30.3 Å². The van der Waals surface area contributed by atoms with Gasteiger partial charge in [-0.2, -0.15) is 12.6 Å². The second-order valence-corrected chi connectivity index (χ2v) is 3.29. The van der Waals surface area contributed by atoms with Crippen LogP contribution < -0.4 is 0 Å². The van der Waals surface area contributed by atoms with Gasteiger partial charge in [-0.15, -0.1) is 0 Å². The van der Waals surface area contributed by atoms with E-state index in [9.17, 15) is 0 Å². The lowest BCUT2D eigenvalue weighted by Crippen LogP contribution is -2.30. The molecule has 2 heteroatoms. The summed E-state index contributed by atoms with van der Waals surface area (Å²) in [6, 6.07) is 0.720. The Labute approximate surface area is 70.2 Å². The van der Waals surface area contributed by atoms with E-state index in [1.807, 2.05) is 0 Å². The molecule has 0 spiro atoms. The zero-order chi connectivity index (χ0) is 7.98. The molecule has 1 nitrogen and oxygen atoms in total. The first-order valence-corrected chi connectivity index (χ1v) is 4.66. The van der Waals surface area contributed by atoms with Gasteiger partial charge < -0.3 is 4.90 Å². The van der Waals surface area contributed by atoms with Crippen molar-refractivity contribution in [3.8, 4) is 0 Å². The summed E-state index contributed by atoms with van der Waals surface area (Å²) in [4.78, 5) is 2.36. The molecule has 0 N–H and O–H groups in total. The third-order valence-electron chi connectivity index (χ3n) is 1.91. The molecule has 0 aliphatic carbocycles. The molecular formula is C8H19NS. The fourth-order valence-electron chi connectivity index (χ4n) is 1.02. The molecule has 0 aromatic rings. The standard InChI is InChI=1S/C8H19NS/c1-4-5-8(2)9(3)6-7-10/h8,10H,4-7H2,1-3H3. The Morgan fingerprint density at radius 2 is 2.10 bits per heavy atom. The minimum Gasteiger partial charge on any atom is -0.303 e. The van der Waals surface area contributed by atoms with E-state index in [1.54, 1.807) is 0 Å². The Kier molecular flexibility index (Phi) is 6.24. The van der Waals surface area contributed by atoms with Crippen molar-refractivity contribution in [2.75, 3.05) is 19.3 Å². The zero-order valence-corrected chi connectivity index (χ0v) is 8.19. The van der Waals surface area contributed by atoms with Crippen LogP contribution in [0.2, 0.25) is 0 Å². The third kappa shape index (κ3) is 4.18. The molecule has 0 rings (SSSR count). The SMILES string of the molecule is CCCC(C)N(C)CCS. The van der Waals surface area contributed by atoms with Gasteiger partial charge in [0.1, 0.15) is 0 Å². The van der Waals surface area contributed by atoms with Crippen molar-refractivity contribution >= 4 is 12.6 Å². The Bertz CT molecular complexity index is 65.7. The Balaban J connectivity index is 3.38. The molecule has 0 bridgehead atoms. The first-order chi connectivity index (χ1) is 4.72. The van der Waals surface area contributed by atoms with E-state index >= 15 is 0 Å². The molecule has 0 aromatic heterocycles. The molecule has 1 unspecified atom stereocenters. The van der Waals surface area contributed by atoms with Crippen LogP contribution >= 0.6 is 12.6 Å². The maximum Gasteiger partial charge on any atom is 0.00696 e. The monoisotopic (exact) mass is 161 g/mol. The van der Waals surface area contributed by atoms with E-state index in [0.717, 1.165) is 18.3 Å². The second-order valence-electron chi connectivity index (χ2n) is 2.84. The predicted molar refractivity (Wildman–Crippen MR) is 50.9 cm³/mol. The normalized spacial score (nSPS) is 14.1. The molecule has 10 heavy (non-hydrogen) atoms. The van der Waals surface area contributed by atoms with Crippen LogP contribution in [0.15, 0.2) is 0 Å². The number of hydrogen-bond donors (Lipinski definition) is 1. The number of hydrogen-bond acceptors (Lipinski definition) is 2. The minimum atomic E-state index is 0.720. The maximum absolute atomic E-state index is 4.18. The van der Waals surface area contributed by atoms with Crippen molar-refractivity contribution in [3.05, 3.63) is 0 Å². The molecule has 0 aromatic carbocycles. The smallest absolute Gasteiger partial charge is 0.00696 e. The third-order valence-corrected chi connectivity index (χ3v) is 2.11. The Morgan fingerprint density at radius 1 is 1.50 bits per heavy atom.